The topological polar surface area (TPSA) is 76.7 Å². The van der Waals surface area contributed by atoms with Gasteiger partial charge in [0.25, 0.3) is 10.0 Å². The lowest BCUT2D eigenvalue weighted by atomic mass is 10.4. The van der Waals surface area contributed by atoms with Gasteiger partial charge in [-0.1, -0.05) is 0 Å². The lowest BCUT2D eigenvalue weighted by Gasteiger charge is -1.99. The second-order valence-electron chi connectivity index (χ2n) is 3.40. The molecule has 2 heterocycles. The molecule has 0 bridgehead atoms. The van der Waals surface area contributed by atoms with E-state index < -0.39 is 19.8 Å². The molecule has 1 aliphatic heterocycles. The molecule has 1 aromatic rings. The average molecular weight is 249 g/mol. The number of sulfonamides is 1. The first-order chi connectivity index (χ1) is 7.02. The normalized spacial score (nSPS) is 20.3. The van der Waals surface area contributed by atoms with Gasteiger partial charge in [-0.15, -0.1) is 3.77 Å². The second-order valence-corrected chi connectivity index (χ2v) is 7.78. The smallest absolute Gasteiger partial charge is 0.293 e. The Morgan fingerprint density at radius 3 is 2.53 bits per heavy atom. The Balaban J connectivity index is 2.45. The van der Waals surface area contributed by atoms with E-state index in [1.807, 2.05) is 0 Å². The number of furan rings is 1. The summed E-state index contributed by atoms with van der Waals surface area (Å²) in [6.45, 7) is 0. The third-order valence-corrected chi connectivity index (χ3v) is 6.76. The van der Waals surface area contributed by atoms with Crippen molar-refractivity contribution in [3.05, 3.63) is 18.6 Å². The van der Waals surface area contributed by atoms with Gasteiger partial charge in [0, 0.05) is 11.5 Å². The summed E-state index contributed by atoms with van der Waals surface area (Å²) in [5.41, 5.74) is 0. The number of hydrogen-bond acceptors (Lipinski definition) is 4. The van der Waals surface area contributed by atoms with Crippen LogP contribution in [0.5, 0.6) is 0 Å². The predicted molar refractivity (Wildman–Crippen MR) is 55.4 cm³/mol. The zero-order valence-corrected chi connectivity index (χ0v) is 9.59. The van der Waals surface area contributed by atoms with Crippen molar-refractivity contribution >= 4 is 19.8 Å². The van der Waals surface area contributed by atoms with E-state index in [2.05, 4.69) is 8.19 Å². The standard InChI is InChI=1S/C8H11NO4S2/c10-14(5-1-2-6-14)9-15(11,12)8-3-4-13-7-8/h3-4,7H,1-2,5-6H2. The van der Waals surface area contributed by atoms with E-state index in [9.17, 15) is 12.6 Å². The maximum absolute atomic E-state index is 11.9. The van der Waals surface area contributed by atoms with E-state index >= 15 is 0 Å². The fourth-order valence-electron chi connectivity index (χ4n) is 1.45. The van der Waals surface area contributed by atoms with Gasteiger partial charge in [-0.3, -0.25) is 0 Å². The summed E-state index contributed by atoms with van der Waals surface area (Å²) in [5.74, 6) is 0.758. The first-order valence-corrected chi connectivity index (χ1v) is 7.82. The van der Waals surface area contributed by atoms with Crippen LogP contribution in [0.4, 0.5) is 0 Å². The first-order valence-electron chi connectivity index (χ1n) is 4.53. The predicted octanol–water partition coefficient (Wildman–Crippen LogP) is 1.23. The van der Waals surface area contributed by atoms with Crippen molar-refractivity contribution in [3.8, 4) is 0 Å². The zero-order valence-electron chi connectivity index (χ0n) is 7.96. The Kier molecular flexibility index (Phi) is 2.59. The van der Waals surface area contributed by atoms with Crippen molar-refractivity contribution < 1.29 is 17.0 Å². The van der Waals surface area contributed by atoms with Crippen molar-refractivity contribution in [3.63, 3.8) is 0 Å². The monoisotopic (exact) mass is 249 g/mol. The van der Waals surface area contributed by atoms with E-state index in [-0.39, 0.29) is 4.90 Å². The minimum atomic E-state index is -3.80. The first kappa shape index (κ1) is 10.7. The molecule has 5 nitrogen and oxygen atoms in total. The molecular weight excluding hydrogens is 238 g/mol. The maximum atomic E-state index is 11.9. The van der Waals surface area contributed by atoms with E-state index in [4.69, 9.17) is 0 Å². The van der Waals surface area contributed by atoms with Crippen LogP contribution in [-0.2, 0) is 19.8 Å². The number of hydrogen-bond donors (Lipinski definition) is 0. The van der Waals surface area contributed by atoms with Gasteiger partial charge in [0.15, 0.2) is 0 Å². The Morgan fingerprint density at radius 2 is 2.00 bits per heavy atom. The molecule has 1 aliphatic rings. The molecule has 0 N–H and O–H groups in total. The lowest BCUT2D eigenvalue weighted by molar-refractivity contribution is 0.556. The molecule has 1 aromatic heterocycles. The molecule has 0 atom stereocenters. The van der Waals surface area contributed by atoms with Crippen LogP contribution < -0.4 is 0 Å². The average Bonchev–Trinajstić information content (AvgIpc) is 2.73. The fourth-order valence-corrected chi connectivity index (χ4v) is 5.74. The minimum absolute atomic E-state index is 0.0304. The molecule has 1 saturated heterocycles. The quantitative estimate of drug-likeness (QED) is 0.789. The summed E-state index contributed by atoms with van der Waals surface area (Å²) in [7, 11) is -6.35. The third kappa shape index (κ3) is 2.23. The maximum Gasteiger partial charge on any atom is 0.293 e. The van der Waals surface area contributed by atoms with E-state index in [1.165, 1.54) is 12.3 Å². The van der Waals surface area contributed by atoms with Crippen molar-refractivity contribution in [1.29, 1.82) is 0 Å². The number of rotatable bonds is 2. The molecule has 0 aromatic carbocycles. The van der Waals surface area contributed by atoms with Gasteiger partial charge in [-0.2, -0.15) is 8.42 Å². The lowest BCUT2D eigenvalue weighted by Crippen LogP contribution is -2.06. The Hall–Kier alpha value is -0.820. The molecule has 0 radical (unpaired) electrons. The molecule has 0 amide bonds. The Labute approximate surface area is 88.7 Å². The minimum Gasteiger partial charge on any atom is -0.471 e. The molecule has 15 heavy (non-hydrogen) atoms. The zero-order chi connectivity index (χ0) is 10.9. The third-order valence-electron chi connectivity index (χ3n) is 2.20. The molecule has 0 spiro atoms. The van der Waals surface area contributed by atoms with Gasteiger partial charge >= 0.3 is 0 Å². The molecule has 0 aliphatic carbocycles. The van der Waals surface area contributed by atoms with Crippen LogP contribution in [-0.4, -0.2) is 24.1 Å². The van der Waals surface area contributed by atoms with Crippen LogP contribution in [0.15, 0.2) is 31.7 Å². The van der Waals surface area contributed by atoms with Crippen LogP contribution in [0.2, 0.25) is 0 Å². The van der Waals surface area contributed by atoms with Gasteiger partial charge in [0.2, 0.25) is 0 Å². The van der Waals surface area contributed by atoms with Crippen molar-refractivity contribution in [1.82, 2.24) is 0 Å². The molecule has 0 unspecified atom stereocenters. The molecular formula is C8H11NO4S2. The van der Waals surface area contributed by atoms with Gasteiger partial charge in [-0.25, -0.2) is 4.21 Å². The Bertz CT molecular complexity index is 537. The summed E-state index contributed by atoms with van der Waals surface area (Å²) in [5, 5.41) is 0. The van der Waals surface area contributed by atoms with Crippen LogP contribution in [0.25, 0.3) is 0 Å². The molecule has 84 valence electrons. The summed E-state index contributed by atoms with van der Waals surface area (Å²) < 4.78 is 43.4. The van der Waals surface area contributed by atoms with Gasteiger partial charge < -0.3 is 4.42 Å². The molecule has 1 fully saturated rings. The molecule has 0 saturated carbocycles. The molecule has 2 rings (SSSR count). The largest absolute Gasteiger partial charge is 0.471 e. The van der Waals surface area contributed by atoms with Crippen LogP contribution in [0.3, 0.4) is 0 Å². The van der Waals surface area contributed by atoms with Crippen LogP contribution >= 0.6 is 0 Å². The van der Waals surface area contributed by atoms with Gasteiger partial charge in [0.1, 0.15) is 11.2 Å². The highest BCUT2D eigenvalue weighted by atomic mass is 32.3. The summed E-state index contributed by atoms with van der Waals surface area (Å²) >= 11 is 0. The SMILES string of the molecule is O=S(=O)(N=S1(=O)CCCC1)c1ccoc1. The highest BCUT2D eigenvalue weighted by Gasteiger charge is 2.22. The number of nitrogens with zero attached hydrogens (tertiary/aromatic N) is 1. The fraction of sp³-hybridized carbons (Fsp3) is 0.500. The van der Waals surface area contributed by atoms with Crippen molar-refractivity contribution in [2.24, 2.45) is 3.77 Å². The van der Waals surface area contributed by atoms with E-state index in [0.29, 0.717) is 11.5 Å². The highest BCUT2D eigenvalue weighted by Crippen LogP contribution is 2.19. The van der Waals surface area contributed by atoms with Crippen LogP contribution in [0.1, 0.15) is 12.8 Å². The summed E-state index contributed by atoms with van der Waals surface area (Å²) in [6.07, 6.45) is 3.91. The van der Waals surface area contributed by atoms with Crippen molar-refractivity contribution in [2.45, 2.75) is 17.7 Å². The van der Waals surface area contributed by atoms with E-state index in [0.717, 1.165) is 19.1 Å². The van der Waals surface area contributed by atoms with Gasteiger partial charge in [-0.05, 0) is 18.9 Å². The Morgan fingerprint density at radius 1 is 1.33 bits per heavy atom. The van der Waals surface area contributed by atoms with E-state index in [1.54, 1.807) is 0 Å². The summed E-state index contributed by atoms with van der Waals surface area (Å²) in [4.78, 5) is -0.0304. The van der Waals surface area contributed by atoms with Crippen LogP contribution in [0, 0.1) is 0 Å². The highest BCUT2D eigenvalue weighted by molar-refractivity contribution is 8.03. The summed E-state index contributed by atoms with van der Waals surface area (Å²) in [6, 6.07) is 1.30. The van der Waals surface area contributed by atoms with Crippen molar-refractivity contribution in [2.75, 3.05) is 11.5 Å². The molecule has 7 heteroatoms. The second kappa shape index (κ2) is 3.64. The van der Waals surface area contributed by atoms with Gasteiger partial charge in [0.05, 0.1) is 16.0 Å².